The van der Waals surface area contributed by atoms with Gasteiger partial charge >= 0.3 is 0 Å². The van der Waals surface area contributed by atoms with E-state index in [-0.39, 0.29) is 16.6 Å². The maximum Gasteiger partial charge on any atom is 0.257 e. The highest BCUT2D eigenvalue weighted by atomic mass is 35.5. The number of benzene rings is 2. The van der Waals surface area contributed by atoms with E-state index in [1.54, 1.807) is 12.1 Å². The number of anilines is 1. The molecular weight excluding hydrogens is 408 g/mol. The second-order valence-corrected chi connectivity index (χ2v) is 9.06. The normalized spacial score (nSPS) is 14.0. The fraction of sp³-hybridized carbons (Fsp3) is 0.278. The van der Waals surface area contributed by atoms with Gasteiger partial charge in [-0.15, -0.1) is 11.8 Å². The van der Waals surface area contributed by atoms with Crippen LogP contribution in [-0.4, -0.2) is 33.7 Å². The lowest BCUT2D eigenvalue weighted by atomic mass is 10.2. The van der Waals surface area contributed by atoms with E-state index in [9.17, 15) is 13.2 Å². The first kappa shape index (κ1) is 20.0. The quantitative estimate of drug-likeness (QED) is 0.658. The summed E-state index contributed by atoms with van der Waals surface area (Å²) in [5.41, 5.74) is 0.557. The Morgan fingerprint density at radius 2 is 1.96 bits per heavy atom. The van der Waals surface area contributed by atoms with Crippen LogP contribution >= 0.6 is 23.4 Å². The Labute approximate surface area is 167 Å². The van der Waals surface area contributed by atoms with Gasteiger partial charge in [-0.05, 0) is 55.5 Å². The van der Waals surface area contributed by atoms with Crippen molar-refractivity contribution in [3.8, 4) is 5.75 Å². The first-order chi connectivity index (χ1) is 12.8. The van der Waals surface area contributed by atoms with E-state index < -0.39 is 15.9 Å². The molecule has 0 spiro atoms. The predicted octanol–water partition coefficient (Wildman–Crippen LogP) is 3.76. The zero-order valence-corrected chi connectivity index (χ0v) is 17.2. The molecule has 0 saturated heterocycles. The van der Waals surface area contributed by atoms with Crippen LogP contribution in [0.1, 0.15) is 23.2 Å². The van der Waals surface area contributed by atoms with Crippen LogP contribution in [0.2, 0.25) is 5.02 Å². The first-order valence-electron chi connectivity index (χ1n) is 8.19. The third kappa shape index (κ3) is 4.76. The molecule has 0 unspecified atom stereocenters. The molecule has 1 aliphatic carbocycles. The van der Waals surface area contributed by atoms with Crippen molar-refractivity contribution in [1.82, 2.24) is 4.72 Å². The first-order valence-corrected chi connectivity index (χ1v) is 11.3. The molecule has 0 aliphatic heterocycles. The molecule has 0 atom stereocenters. The number of carbonyl (C=O) groups excluding carboxylic acids is 1. The number of hydrogen-bond acceptors (Lipinski definition) is 5. The molecule has 1 amide bonds. The van der Waals surface area contributed by atoms with Gasteiger partial charge in [0.25, 0.3) is 5.91 Å². The summed E-state index contributed by atoms with van der Waals surface area (Å²) in [6, 6.07) is 9.49. The second-order valence-electron chi connectivity index (χ2n) is 6.06. The summed E-state index contributed by atoms with van der Waals surface area (Å²) in [5.74, 6) is -0.0928. The Bertz CT molecular complexity index is 975. The van der Waals surface area contributed by atoms with E-state index in [4.69, 9.17) is 16.3 Å². The molecule has 0 bridgehead atoms. The Morgan fingerprint density at radius 3 is 2.59 bits per heavy atom. The molecule has 3 rings (SSSR count). The van der Waals surface area contributed by atoms with E-state index in [0.717, 1.165) is 17.7 Å². The Morgan fingerprint density at radius 1 is 1.22 bits per heavy atom. The lowest BCUT2D eigenvalue weighted by molar-refractivity contribution is 0.102. The predicted molar refractivity (Wildman–Crippen MR) is 108 cm³/mol. The minimum absolute atomic E-state index is 0.0109. The average Bonchev–Trinajstić information content (AvgIpc) is 3.45. The number of amides is 1. The molecule has 1 saturated carbocycles. The van der Waals surface area contributed by atoms with Gasteiger partial charge in [0.1, 0.15) is 5.75 Å². The van der Waals surface area contributed by atoms with Crippen molar-refractivity contribution in [2.24, 2.45) is 0 Å². The minimum atomic E-state index is -3.65. The van der Waals surface area contributed by atoms with Crippen molar-refractivity contribution < 1.29 is 17.9 Å². The van der Waals surface area contributed by atoms with Crippen molar-refractivity contribution in [3.05, 3.63) is 47.0 Å². The summed E-state index contributed by atoms with van der Waals surface area (Å²) >= 11 is 7.64. The van der Waals surface area contributed by atoms with Crippen molar-refractivity contribution in [2.45, 2.75) is 28.7 Å². The molecule has 2 aromatic carbocycles. The minimum Gasteiger partial charge on any atom is -0.495 e. The van der Waals surface area contributed by atoms with E-state index in [1.807, 2.05) is 12.3 Å². The number of carbonyl (C=O) groups is 1. The summed E-state index contributed by atoms with van der Waals surface area (Å²) in [4.78, 5) is 13.6. The molecule has 1 fully saturated rings. The van der Waals surface area contributed by atoms with Crippen LogP contribution in [0.15, 0.2) is 46.2 Å². The highest BCUT2D eigenvalue weighted by Gasteiger charge is 2.28. The van der Waals surface area contributed by atoms with Crippen LogP contribution in [0.4, 0.5) is 5.69 Å². The van der Waals surface area contributed by atoms with E-state index in [2.05, 4.69) is 10.0 Å². The van der Waals surface area contributed by atoms with Crippen molar-refractivity contribution in [3.63, 3.8) is 0 Å². The van der Waals surface area contributed by atoms with Gasteiger partial charge in [0.2, 0.25) is 10.0 Å². The lowest BCUT2D eigenvalue weighted by Gasteiger charge is -2.14. The Balaban J connectivity index is 1.91. The van der Waals surface area contributed by atoms with Crippen LogP contribution in [0.3, 0.4) is 0 Å². The number of thioether (sulfide) groups is 1. The summed E-state index contributed by atoms with van der Waals surface area (Å²) in [6.45, 7) is 0. The molecular formula is C18H19ClN2O4S2. The maximum absolute atomic E-state index is 12.7. The second kappa shape index (κ2) is 8.10. The molecule has 6 nitrogen and oxygen atoms in total. The summed E-state index contributed by atoms with van der Waals surface area (Å²) in [7, 11) is -2.20. The fourth-order valence-corrected chi connectivity index (χ4v) is 4.41. The number of methoxy groups -OCH3 is 1. The standard InChI is InChI=1S/C18H19ClN2O4S2/c1-25-17-8-6-13(27(23,24)21-11-3-4-11)10-16(17)20-18(22)14-9-12(26-2)5-7-15(14)19/h5-11,21H,3-4H2,1-2H3,(H,20,22). The van der Waals surface area contributed by atoms with Crippen LogP contribution in [0.5, 0.6) is 5.75 Å². The third-order valence-corrected chi connectivity index (χ3v) is 6.62. The number of rotatable bonds is 7. The molecule has 0 aromatic heterocycles. The van der Waals surface area contributed by atoms with E-state index in [1.165, 1.54) is 37.1 Å². The van der Waals surface area contributed by atoms with Gasteiger partial charge in [-0.3, -0.25) is 4.79 Å². The molecule has 0 radical (unpaired) electrons. The van der Waals surface area contributed by atoms with Crippen molar-refractivity contribution in [2.75, 3.05) is 18.7 Å². The van der Waals surface area contributed by atoms with Gasteiger partial charge in [-0.25, -0.2) is 13.1 Å². The summed E-state index contributed by atoms with van der Waals surface area (Å²) in [6.07, 6.45) is 3.57. The molecule has 2 N–H and O–H groups in total. The largest absolute Gasteiger partial charge is 0.495 e. The van der Waals surface area contributed by atoms with Crippen molar-refractivity contribution >= 4 is 45.0 Å². The number of hydrogen-bond donors (Lipinski definition) is 2. The third-order valence-electron chi connectivity index (χ3n) is 4.05. The highest BCUT2D eigenvalue weighted by Crippen LogP contribution is 2.30. The van der Waals surface area contributed by atoms with Gasteiger partial charge in [0.15, 0.2) is 0 Å². The van der Waals surface area contributed by atoms with Crippen molar-refractivity contribution in [1.29, 1.82) is 0 Å². The average molecular weight is 427 g/mol. The smallest absolute Gasteiger partial charge is 0.257 e. The Hall–Kier alpha value is -1.74. The van der Waals surface area contributed by atoms with E-state index >= 15 is 0 Å². The highest BCUT2D eigenvalue weighted by molar-refractivity contribution is 7.98. The SMILES string of the molecule is COc1ccc(S(=O)(=O)NC2CC2)cc1NC(=O)c1cc(SC)ccc1Cl. The van der Waals surface area contributed by atoms with Crippen LogP contribution in [0.25, 0.3) is 0 Å². The molecule has 2 aromatic rings. The topological polar surface area (TPSA) is 84.5 Å². The van der Waals surface area contributed by atoms with Gasteiger partial charge in [0, 0.05) is 10.9 Å². The maximum atomic E-state index is 12.7. The molecule has 1 aliphatic rings. The number of nitrogens with one attached hydrogen (secondary N) is 2. The lowest BCUT2D eigenvalue weighted by Crippen LogP contribution is -2.26. The molecule has 9 heteroatoms. The number of halogens is 1. The van der Waals surface area contributed by atoms with Crippen LogP contribution < -0.4 is 14.8 Å². The van der Waals surface area contributed by atoms with Gasteiger partial charge < -0.3 is 10.1 Å². The van der Waals surface area contributed by atoms with E-state index in [0.29, 0.717) is 16.3 Å². The molecule has 144 valence electrons. The molecule has 27 heavy (non-hydrogen) atoms. The zero-order valence-electron chi connectivity index (χ0n) is 14.8. The zero-order chi connectivity index (χ0) is 19.6. The summed E-state index contributed by atoms with van der Waals surface area (Å²) in [5, 5.41) is 3.01. The fourth-order valence-electron chi connectivity index (χ4n) is 2.44. The molecule has 0 heterocycles. The van der Waals surface area contributed by atoms with Crippen LogP contribution in [-0.2, 0) is 10.0 Å². The van der Waals surface area contributed by atoms with Gasteiger partial charge in [-0.2, -0.15) is 0 Å². The monoisotopic (exact) mass is 426 g/mol. The Kier molecular flexibility index (Phi) is 6.00. The summed E-state index contributed by atoms with van der Waals surface area (Å²) < 4.78 is 32.7. The van der Waals surface area contributed by atoms with Crippen LogP contribution in [0, 0.1) is 0 Å². The number of sulfonamides is 1. The van der Waals surface area contributed by atoms with Gasteiger partial charge in [0.05, 0.1) is 28.3 Å². The van der Waals surface area contributed by atoms with Gasteiger partial charge in [-0.1, -0.05) is 11.6 Å². The number of ether oxygens (including phenoxy) is 1.